The molecule has 0 saturated carbocycles. The molecule has 1 aromatic carbocycles. The van der Waals surface area contributed by atoms with Crippen LogP contribution < -0.4 is 10.5 Å². The Hall–Kier alpha value is -1.83. The SMILES string of the molecule is NCc1ccc(OC(F)(F)F)c([N+](=O)[O-])c1. The van der Waals surface area contributed by atoms with Crippen LogP contribution in [0.25, 0.3) is 0 Å². The van der Waals surface area contributed by atoms with Crippen molar-refractivity contribution in [2.75, 3.05) is 0 Å². The molecule has 0 aliphatic heterocycles. The van der Waals surface area contributed by atoms with Crippen molar-refractivity contribution < 1.29 is 22.8 Å². The van der Waals surface area contributed by atoms with E-state index >= 15 is 0 Å². The van der Waals surface area contributed by atoms with Crippen molar-refractivity contribution in [2.24, 2.45) is 5.73 Å². The van der Waals surface area contributed by atoms with Gasteiger partial charge in [-0.1, -0.05) is 6.07 Å². The normalized spacial score (nSPS) is 11.2. The second-order valence-electron chi connectivity index (χ2n) is 2.81. The number of hydrogen-bond donors (Lipinski definition) is 1. The van der Waals surface area contributed by atoms with Gasteiger partial charge in [0.25, 0.3) is 0 Å². The molecule has 16 heavy (non-hydrogen) atoms. The van der Waals surface area contributed by atoms with E-state index in [0.29, 0.717) is 5.56 Å². The number of nitro benzene ring substituents is 1. The minimum absolute atomic E-state index is 0.00681. The molecule has 0 atom stereocenters. The molecule has 2 N–H and O–H groups in total. The molecule has 0 amide bonds. The minimum atomic E-state index is -4.96. The molecule has 0 radical (unpaired) electrons. The summed E-state index contributed by atoms with van der Waals surface area (Å²) in [7, 11) is 0. The van der Waals surface area contributed by atoms with E-state index in [0.717, 1.165) is 12.1 Å². The Morgan fingerprint density at radius 3 is 2.50 bits per heavy atom. The van der Waals surface area contributed by atoms with Gasteiger partial charge < -0.3 is 10.5 Å². The number of hydrogen-bond acceptors (Lipinski definition) is 4. The zero-order valence-corrected chi connectivity index (χ0v) is 7.82. The van der Waals surface area contributed by atoms with Crippen LogP contribution in [0, 0.1) is 10.1 Å². The van der Waals surface area contributed by atoms with E-state index in [1.807, 2.05) is 0 Å². The molecule has 0 saturated heterocycles. The summed E-state index contributed by atoms with van der Waals surface area (Å²) < 4.78 is 39.2. The van der Waals surface area contributed by atoms with Crippen molar-refractivity contribution >= 4 is 5.69 Å². The molecular weight excluding hydrogens is 229 g/mol. The fourth-order valence-corrected chi connectivity index (χ4v) is 1.04. The molecule has 0 unspecified atom stereocenters. The van der Waals surface area contributed by atoms with Gasteiger partial charge >= 0.3 is 12.0 Å². The van der Waals surface area contributed by atoms with Crippen molar-refractivity contribution in [1.82, 2.24) is 0 Å². The highest BCUT2D eigenvalue weighted by atomic mass is 19.4. The molecule has 0 bridgehead atoms. The smallest absolute Gasteiger partial charge is 0.398 e. The maximum Gasteiger partial charge on any atom is 0.573 e. The number of nitro groups is 1. The standard InChI is InChI=1S/C8H7F3N2O3/c9-8(10,11)16-7-2-1-5(4-12)3-6(7)13(14)15/h1-3H,4,12H2. The second kappa shape index (κ2) is 4.35. The third-order valence-electron chi connectivity index (χ3n) is 1.68. The first kappa shape index (κ1) is 12.2. The first-order chi connectivity index (χ1) is 7.33. The van der Waals surface area contributed by atoms with E-state index < -0.39 is 22.7 Å². The Morgan fingerprint density at radius 1 is 1.44 bits per heavy atom. The first-order valence-corrected chi connectivity index (χ1v) is 4.06. The summed E-state index contributed by atoms with van der Waals surface area (Å²) in [6.45, 7) is -0.00681. The van der Waals surface area contributed by atoms with Gasteiger partial charge in [-0.25, -0.2) is 0 Å². The summed E-state index contributed by atoms with van der Waals surface area (Å²) in [4.78, 5) is 9.54. The fourth-order valence-electron chi connectivity index (χ4n) is 1.04. The Kier molecular flexibility index (Phi) is 3.33. The molecule has 0 heterocycles. The van der Waals surface area contributed by atoms with Gasteiger partial charge in [0.15, 0.2) is 0 Å². The van der Waals surface area contributed by atoms with Gasteiger partial charge in [-0.05, 0) is 11.6 Å². The van der Waals surface area contributed by atoms with Crippen LogP contribution in [0.2, 0.25) is 0 Å². The number of ether oxygens (including phenoxy) is 1. The van der Waals surface area contributed by atoms with Crippen LogP contribution in [0.15, 0.2) is 18.2 Å². The Morgan fingerprint density at radius 2 is 2.06 bits per heavy atom. The molecule has 88 valence electrons. The summed E-state index contributed by atoms with van der Waals surface area (Å²) in [5.41, 5.74) is 4.80. The van der Waals surface area contributed by atoms with Gasteiger partial charge in [0.1, 0.15) is 0 Å². The first-order valence-electron chi connectivity index (χ1n) is 4.06. The van der Waals surface area contributed by atoms with Crippen LogP contribution in [0.3, 0.4) is 0 Å². The van der Waals surface area contributed by atoms with Crippen LogP contribution in [0.5, 0.6) is 5.75 Å². The average Bonchev–Trinajstić information content (AvgIpc) is 2.15. The maximum atomic E-state index is 11.9. The van der Waals surface area contributed by atoms with E-state index in [1.54, 1.807) is 0 Å². The summed E-state index contributed by atoms with van der Waals surface area (Å²) in [6.07, 6.45) is -4.96. The lowest BCUT2D eigenvalue weighted by Gasteiger charge is -2.09. The maximum absolute atomic E-state index is 11.9. The largest absolute Gasteiger partial charge is 0.573 e. The zero-order chi connectivity index (χ0) is 12.3. The lowest BCUT2D eigenvalue weighted by atomic mass is 10.2. The summed E-state index contributed by atoms with van der Waals surface area (Å²) in [6, 6.07) is 3.04. The van der Waals surface area contributed by atoms with Crippen molar-refractivity contribution in [3.63, 3.8) is 0 Å². The highest BCUT2D eigenvalue weighted by molar-refractivity contribution is 5.48. The topological polar surface area (TPSA) is 78.4 Å². The van der Waals surface area contributed by atoms with Crippen LogP contribution in [0.1, 0.15) is 5.56 Å². The summed E-state index contributed by atoms with van der Waals surface area (Å²) in [5.74, 6) is -0.852. The van der Waals surface area contributed by atoms with Gasteiger partial charge in [0, 0.05) is 12.6 Å². The predicted molar refractivity (Wildman–Crippen MR) is 47.7 cm³/mol. The van der Waals surface area contributed by atoms with E-state index in [-0.39, 0.29) is 6.54 Å². The van der Waals surface area contributed by atoms with Gasteiger partial charge in [-0.3, -0.25) is 10.1 Å². The zero-order valence-electron chi connectivity index (χ0n) is 7.82. The minimum Gasteiger partial charge on any atom is -0.398 e. The van der Waals surface area contributed by atoms with Gasteiger partial charge in [-0.2, -0.15) is 0 Å². The van der Waals surface area contributed by atoms with E-state index in [4.69, 9.17) is 5.73 Å². The number of alkyl halides is 3. The van der Waals surface area contributed by atoms with Crippen molar-refractivity contribution in [3.8, 4) is 5.75 Å². The molecule has 1 aromatic rings. The lowest BCUT2D eigenvalue weighted by molar-refractivity contribution is -0.388. The predicted octanol–water partition coefficient (Wildman–Crippen LogP) is 1.95. The highest BCUT2D eigenvalue weighted by Crippen LogP contribution is 2.32. The Bertz CT molecular complexity index is 406. The fraction of sp³-hybridized carbons (Fsp3) is 0.250. The molecule has 5 nitrogen and oxygen atoms in total. The number of benzene rings is 1. The molecule has 0 aromatic heterocycles. The van der Waals surface area contributed by atoms with E-state index in [9.17, 15) is 23.3 Å². The lowest BCUT2D eigenvalue weighted by Crippen LogP contribution is -2.18. The number of nitrogens with zero attached hydrogens (tertiary/aromatic N) is 1. The molecule has 8 heteroatoms. The van der Waals surface area contributed by atoms with Crippen molar-refractivity contribution in [1.29, 1.82) is 0 Å². The molecule has 0 aliphatic rings. The van der Waals surface area contributed by atoms with Crippen molar-refractivity contribution in [3.05, 3.63) is 33.9 Å². The molecule has 0 fully saturated rings. The second-order valence-corrected chi connectivity index (χ2v) is 2.81. The van der Waals surface area contributed by atoms with Crippen molar-refractivity contribution in [2.45, 2.75) is 12.9 Å². The molecule has 1 rings (SSSR count). The van der Waals surface area contributed by atoms with Crippen LogP contribution in [0.4, 0.5) is 18.9 Å². The quantitative estimate of drug-likeness (QED) is 0.642. The monoisotopic (exact) mass is 236 g/mol. The number of rotatable bonds is 3. The number of halogens is 3. The average molecular weight is 236 g/mol. The summed E-state index contributed by atoms with van der Waals surface area (Å²) in [5, 5.41) is 10.5. The summed E-state index contributed by atoms with van der Waals surface area (Å²) >= 11 is 0. The van der Waals surface area contributed by atoms with Gasteiger partial charge in [0.05, 0.1) is 4.92 Å². The molecular formula is C8H7F3N2O3. The Labute approximate surface area is 87.8 Å². The van der Waals surface area contributed by atoms with Crippen LogP contribution >= 0.6 is 0 Å². The van der Waals surface area contributed by atoms with Crippen LogP contribution in [-0.2, 0) is 6.54 Å². The third kappa shape index (κ3) is 3.09. The third-order valence-corrected chi connectivity index (χ3v) is 1.68. The molecule has 0 aliphatic carbocycles. The van der Waals surface area contributed by atoms with E-state index in [2.05, 4.69) is 4.74 Å². The molecule has 0 spiro atoms. The van der Waals surface area contributed by atoms with Gasteiger partial charge in [-0.15, -0.1) is 13.2 Å². The van der Waals surface area contributed by atoms with Crippen LogP contribution in [-0.4, -0.2) is 11.3 Å². The highest BCUT2D eigenvalue weighted by Gasteiger charge is 2.34. The van der Waals surface area contributed by atoms with Gasteiger partial charge in [0.2, 0.25) is 5.75 Å². The van der Waals surface area contributed by atoms with E-state index in [1.165, 1.54) is 6.07 Å². The number of nitrogens with two attached hydrogens (primary N) is 1. The Balaban J connectivity index is 3.13.